The van der Waals surface area contributed by atoms with E-state index in [1.807, 2.05) is 37.5 Å². The molecule has 1 saturated carbocycles. The molecule has 1 aromatic carbocycles. The Labute approximate surface area is 180 Å². The van der Waals surface area contributed by atoms with Crippen molar-refractivity contribution in [2.45, 2.75) is 38.5 Å². The normalized spacial score (nSPS) is 18.6. The SMILES string of the molecule is CC=O.CNCC1CCC(c2nc(-c3nc4ccccc4o3)c3c(N)nccn23)CC1. The lowest BCUT2D eigenvalue weighted by Gasteiger charge is -2.27. The highest BCUT2D eigenvalue weighted by molar-refractivity contribution is 5.85. The van der Waals surface area contributed by atoms with Crippen molar-refractivity contribution in [3.05, 3.63) is 42.5 Å². The lowest BCUT2D eigenvalue weighted by atomic mass is 9.81. The van der Waals surface area contributed by atoms with Crippen LogP contribution in [0.4, 0.5) is 5.82 Å². The number of aldehydes is 1. The van der Waals surface area contributed by atoms with E-state index in [1.165, 1.54) is 19.8 Å². The van der Waals surface area contributed by atoms with Crippen LogP contribution in [-0.4, -0.2) is 39.2 Å². The molecule has 1 aliphatic rings. The summed E-state index contributed by atoms with van der Waals surface area (Å²) in [6.07, 6.45) is 9.09. The maximum absolute atomic E-state index is 8.81. The third kappa shape index (κ3) is 4.16. The highest BCUT2D eigenvalue weighted by atomic mass is 16.3. The largest absolute Gasteiger partial charge is 0.435 e. The van der Waals surface area contributed by atoms with Gasteiger partial charge in [0.2, 0.25) is 5.89 Å². The number of para-hydroxylation sites is 2. The van der Waals surface area contributed by atoms with Gasteiger partial charge in [-0.05, 0) is 64.3 Å². The Kier molecular flexibility index (Phi) is 6.27. The van der Waals surface area contributed by atoms with Crippen LogP contribution < -0.4 is 11.1 Å². The van der Waals surface area contributed by atoms with E-state index in [4.69, 9.17) is 19.9 Å². The van der Waals surface area contributed by atoms with E-state index in [9.17, 15) is 0 Å². The van der Waals surface area contributed by atoms with Crippen LogP contribution in [-0.2, 0) is 4.79 Å². The predicted octanol–water partition coefficient (Wildman–Crippen LogP) is 3.82. The molecule has 8 nitrogen and oxygen atoms in total. The lowest BCUT2D eigenvalue weighted by molar-refractivity contribution is -0.106. The number of fused-ring (bicyclic) bond motifs is 2. The van der Waals surface area contributed by atoms with Crippen molar-refractivity contribution in [1.29, 1.82) is 0 Å². The van der Waals surface area contributed by atoms with Crippen molar-refractivity contribution >= 4 is 28.7 Å². The Hall–Kier alpha value is -3.26. The van der Waals surface area contributed by atoms with Gasteiger partial charge in [0.15, 0.2) is 11.3 Å². The van der Waals surface area contributed by atoms with E-state index in [0.29, 0.717) is 23.3 Å². The average molecular weight is 421 g/mol. The van der Waals surface area contributed by atoms with E-state index in [2.05, 4.69) is 19.7 Å². The third-order valence-electron chi connectivity index (χ3n) is 5.81. The first kappa shape index (κ1) is 21.0. The Balaban J connectivity index is 0.000000730. The summed E-state index contributed by atoms with van der Waals surface area (Å²) in [5.41, 5.74) is 9.26. The first-order valence-electron chi connectivity index (χ1n) is 10.7. The molecule has 0 aliphatic heterocycles. The fourth-order valence-corrected chi connectivity index (χ4v) is 4.41. The number of oxazole rings is 1. The molecule has 0 unspecified atom stereocenters. The lowest BCUT2D eigenvalue weighted by Crippen LogP contribution is -2.24. The van der Waals surface area contributed by atoms with Gasteiger partial charge in [0, 0.05) is 18.3 Å². The molecule has 162 valence electrons. The number of nitrogens with one attached hydrogen (secondary N) is 1. The standard InChI is InChI=1S/C21H24N6O.C2H4O/c1-23-12-13-6-8-14(9-7-13)20-26-17(18-19(22)24-10-11-27(18)20)21-25-15-4-2-3-5-16(15)28-21;1-2-3/h2-5,10-11,13-14,23H,6-9,12H2,1H3,(H2,22,24);2H,1H3. The van der Waals surface area contributed by atoms with Gasteiger partial charge in [-0.15, -0.1) is 0 Å². The van der Waals surface area contributed by atoms with E-state index >= 15 is 0 Å². The van der Waals surface area contributed by atoms with Crippen molar-refractivity contribution in [3.8, 4) is 11.6 Å². The molecule has 4 aromatic rings. The molecule has 0 atom stereocenters. The second kappa shape index (κ2) is 9.26. The Bertz CT molecular complexity index is 1140. The number of carbonyl (C=O) groups excluding carboxylic acids is 1. The minimum Gasteiger partial charge on any atom is -0.435 e. The van der Waals surface area contributed by atoms with Gasteiger partial charge in [-0.1, -0.05) is 12.1 Å². The van der Waals surface area contributed by atoms with Crippen LogP contribution in [0.2, 0.25) is 0 Å². The number of nitrogen functional groups attached to an aromatic ring is 1. The van der Waals surface area contributed by atoms with Crippen molar-refractivity contribution in [3.63, 3.8) is 0 Å². The topological polar surface area (TPSA) is 111 Å². The number of aromatic nitrogens is 4. The molecule has 8 heteroatoms. The molecule has 0 amide bonds. The molecular formula is C23H28N6O2. The molecular weight excluding hydrogens is 392 g/mol. The van der Waals surface area contributed by atoms with Gasteiger partial charge >= 0.3 is 0 Å². The molecule has 0 spiro atoms. The van der Waals surface area contributed by atoms with E-state index < -0.39 is 0 Å². The van der Waals surface area contributed by atoms with Crippen LogP contribution in [0.5, 0.6) is 0 Å². The quantitative estimate of drug-likeness (QED) is 0.483. The van der Waals surface area contributed by atoms with Gasteiger partial charge in [-0.25, -0.2) is 15.0 Å². The van der Waals surface area contributed by atoms with Gasteiger partial charge in [-0.2, -0.15) is 0 Å². The first-order valence-corrected chi connectivity index (χ1v) is 10.7. The Morgan fingerprint density at radius 3 is 2.68 bits per heavy atom. The second-order valence-electron chi connectivity index (χ2n) is 7.85. The molecule has 1 fully saturated rings. The van der Waals surface area contributed by atoms with Gasteiger partial charge in [0.05, 0.1) is 0 Å². The number of hydrogen-bond acceptors (Lipinski definition) is 7. The smallest absolute Gasteiger partial charge is 0.248 e. The summed E-state index contributed by atoms with van der Waals surface area (Å²) in [6, 6.07) is 7.74. The van der Waals surface area contributed by atoms with Crippen molar-refractivity contribution < 1.29 is 9.21 Å². The number of benzene rings is 1. The van der Waals surface area contributed by atoms with Gasteiger partial charge in [0.25, 0.3) is 0 Å². The minimum absolute atomic E-state index is 0.403. The van der Waals surface area contributed by atoms with Crippen LogP contribution in [0.15, 0.2) is 41.1 Å². The average Bonchev–Trinajstić information content (AvgIpc) is 3.37. The molecule has 1 aliphatic carbocycles. The number of nitrogens with two attached hydrogens (primary N) is 1. The molecule has 0 bridgehead atoms. The second-order valence-corrected chi connectivity index (χ2v) is 7.85. The zero-order valence-corrected chi connectivity index (χ0v) is 17.9. The highest BCUT2D eigenvalue weighted by Crippen LogP contribution is 2.38. The van der Waals surface area contributed by atoms with Gasteiger partial charge < -0.3 is 20.3 Å². The first-order chi connectivity index (χ1) is 15.2. The summed E-state index contributed by atoms with van der Waals surface area (Å²) in [5.74, 6) is 3.12. The summed E-state index contributed by atoms with van der Waals surface area (Å²) in [7, 11) is 2.02. The molecule has 31 heavy (non-hydrogen) atoms. The highest BCUT2D eigenvalue weighted by Gasteiger charge is 2.28. The zero-order valence-electron chi connectivity index (χ0n) is 17.9. The number of nitrogens with zero attached hydrogens (tertiary/aromatic N) is 4. The van der Waals surface area contributed by atoms with Crippen molar-refractivity contribution in [2.75, 3.05) is 19.3 Å². The number of anilines is 1. The monoisotopic (exact) mass is 420 g/mol. The number of rotatable bonds is 4. The maximum Gasteiger partial charge on any atom is 0.248 e. The van der Waals surface area contributed by atoms with Crippen LogP contribution in [0.25, 0.3) is 28.2 Å². The summed E-state index contributed by atoms with van der Waals surface area (Å²) < 4.78 is 8.07. The summed E-state index contributed by atoms with van der Waals surface area (Å²) in [5, 5.41) is 3.30. The summed E-state index contributed by atoms with van der Waals surface area (Å²) in [6.45, 7) is 2.53. The Morgan fingerprint density at radius 2 is 1.97 bits per heavy atom. The molecule has 5 rings (SSSR count). The number of carbonyl (C=O) groups is 1. The number of imidazole rings is 1. The van der Waals surface area contributed by atoms with Crippen LogP contribution in [0, 0.1) is 5.92 Å². The molecule has 3 N–H and O–H groups in total. The van der Waals surface area contributed by atoms with E-state index in [1.54, 1.807) is 6.20 Å². The van der Waals surface area contributed by atoms with Gasteiger partial charge in [0.1, 0.15) is 29.0 Å². The summed E-state index contributed by atoms with van der Waals surface area (Å²) in [4.78, 5) is 22.7. The fourth-order valence-electron chi connectivity index (χ4n) is 4.41. The molecule has 3 heterocycles. The third-order valence-corrected chi connectivity index (χ3v) is 5.81. The fraction of sp³-hybridized carbons (Fsp3) is 0.391. The Morgan fingerprint density at radius 1 is 1.23 bits per heavy atom. The van der Waals surface area contributed by atoms with Crippen LogP contribution in [0.3, 0.4) is 0 Å². The minimum atomic E-state index is 0.403. The number of hydrogen-bond donors (Lipinski definition) is 2. The predicted molar refractivity (Wildman–Crippen MR) is 121 cm³/mol. The van der Waals surface area contributed by atoms with Gasteiger partial charge in [-0.3, -0.25) is 4.40 Å². The van der Waals surface area contributed by atoms with E-state index in [0.717, 1.165) is 54.0 Å². The molecule has 0 saturated heterocycles. The van der Waals surface area contributed by atoms with Crippen molar-refractivity contribution in [2.24, 2.45) is 5.92 Å². The maximum atomic E-state index is 8.81. The van der Waals surface area contributed by atoms with Crippen molar-refractivity contribution in [1.82, 2.24) is 24.7 Å². The van der Waals surface area contributed by atoms with Crippen LogP contribution >= 0.6 is 0 Å². The molecule has 0 radical (unpaired) electrons. The van der Waals surface area contributed by atoms with Crippen LogP contribution in [0.1, 0.15) is 44.3 Å². The summed E-state index contributed by atoms with van der Waals surface area (Å²) >= 11 is 0. The molecule has 3 aromatic heterocycles. The van der Waals surface area contributed by atoms with E-state index in [-0.39, 0.29) is 0 Å². The zero-order chi connectivity index (χ0) is 21.8.